The van der Waals surface area contributed by atoms with Crippen molar-refractivity contribution in [1.82, 2.24) is 5.32 Å². The number of hydrogen-bond acceptors (Lipinski definition) is 3. The fraction of sp³-hybridized carbons (Fsp3) is 0.300. The van der Waals surface area contributed by atoms with Crippen molar-refractivity contribution in [3.8, 4) is 5.75 Å². The quantitative estimate of drug-likeness (QED) is 0.550. The number of amides is 2. The average molecular weight is 454 g/mol. The molecule has 7 heteroatoms. The monoisotopic (exact) mass is 452 g/mol. The second-order valence-corrected chi connectivity index (χ2v) is 7.30. The Morgan fingerprint density at radius 2 is 1.89 bits per heavy atom. The third-order valence-electron chi connectivity index (χ3n) is 3.80. The van der Waals surface area contributed by atoms with Crippen molar-refractivity contribution in [2.45, 2.75) is 32.8 Å². The van der Waals surface area contributed by atoms with E-state index >= 15 is 0 Å². The molecule has 144 valence electrons. The number of benzene rings is 2. The Morgan fingerprint density at radius 1 is 1.19 bits per heavy atom. The first-order chi connectivity index (χ1) is 12.9. The molecule has 0 radical (unpaired) electrons. The van der Waals surface area contributed by atoms with Gasteiger partial charge >= 0.3 is 0 Å². The first kappa shape index (κ1) is 21.3. The zero-order valence-electron chi connectivity index (χ0n) is 15.2. The van der Waals surface area contributed by atoms with Crippen LogP contribution in [-0.4, -0.2) is 24.5 Å². The smallest absolute Gasteiger partial charge is 0.265 e. The zero-order chi connectivity index (χ0) is 19.8. The number of ether oxygens (including phenoxy) is 1. The number of carbonyl (C=O) groups is 2. The van der Waals surface area contributed by atoms with Crippen molar-refractivity contribution in [1.29, 1.82) is 0 Å². The zero-order valence-corrected chi connectivity index (χ0v) is 17.6. The number of carbonyl (C=O) groups excluding carboxylic acids is 2. The Labute approximate surface area is 172 Å². The van der Waals surface area contributed by atoms with Gasteiger partial charge in [-0.25, -0.2) is 0 Å². The summed E-state index contributed by atoms with van der Waals surface area (Å²) in [6, 6.07) is 11.8. The standard InChI is InChI=1S/C20H22BrClN2O3/c1-3-4-11-23-20(26)14-5-8-16(9-6-14)24-19(25)13(2)27-18-10-7-15(22)12-17(18)21/h5-10,12-13H,3-4,11H2,1-2H3,(H,23,26)(H,24,25). The van der Waals surface area contributed by atoms with Crippen LogP contribution in [0.2, 0.25) is 5.02 Å². The van der Waals surface area contributed by atoms with Gasteiger partial charge in [-0.15, -0.1) is 0 Å². The maximum absolute atomic E-state index is 12.3. The number of halogens is 2. The summed E-state index contributed by atoms with van der Waals surface area (Å²) in [5.41, 5.74) is 1.15. The van der Waals surface area contributed by atoms with Gasteiger partial charge in [0, 0.05) is 22.8 Å². The predicted octanol–water partition coefficient (Wildman–Crippen LogP) is 5.04. The molecule has 0 spiro atoms. The Balaban J connectivity index is 1.91. The molecule has 0 aliphatic heterocycles. The highest BCUT2D eigenvalue weighted by Gasteiger charge is 2.16. The molecule has 0 aliphatic carbocycles. The molecule has 0 bridgehead atoms. The molecule has 0 heterocycles. The van der Waals surface area contributed by atoms with E-state index in [9.17, 15) is 9.59 Å². The van der Waals surface area contributed by atoms with Gasteiger partial charge in [-0.1, -0.05) is 24.9 Å². The molecule has 1 unspecified atom stereocenters. The molecule has 2 rings (SSSR count). The van der Waals surface area contributed by atoms with Crippen LogP contribution in [0.1, 0.15) is 37.0 Å². The lowest BCUT2D eigenvalue weighted by Crippen LogP contribution is -2.30. The van der Waals surface area contributed by atoms with Crippen LogP contribution >= 0.6 is 27.5 Å². The first-order valence-corrected chi connectivity index (χ1v) is 9.88. The van der Waals surface area contributed by atoms with E-state index < -0.39 is 6.10 Å². The highest BCUT2D eigenvalue weighted by atomic mass is 79.9. The predicted molar refractivity (Wildman–Crippen MR) is 112 cm³/mol. The maximum atomic E-state index is 12.3. The fourth-order valence-corrected chi connectivity index (χ4v) is 3.02. The third kappa shape index (κ3) is 6.56. The summed E-state index contributed by atoms with van der Waals surface area (Å²) in [5, 5.41) is 6.20. The molecule has 5 nitrogen and oxygen atoms in total. The largest absolute Gasteiger partial charge is 0.480 e. The minimum absolute atomic E-state index is 0.120. The van der Waals surface area contributed by atoms with E-state index in [0.29, 0.717) is 33.0 Å². The molecule has 0 saturated carbocycles. The lowest BCUT2D eigenvalue weighted by Gasteiger charge is -2.16. The lowest BCUT2D eigenvalue weighted by molar-refractivity contribution is -0.122. The minimum Gasteiger partial charge on any atom is -0.480 e. The number of nitrogens with one attached hydrogen (secondary N) is 2. The summed E-state index contributed by atoms with van der Waals surface area (Å²) in [4.78, 5) is 24.3. The van der Waals surface area contributed by atoms with Crippen molar-refractivity contribution < 1.29 is 14.3 Å². The fourth-order valence-electron chi connectivity index (χ4n) is 2.24. The Kier molecular flexibility index (Phi) is 8.13. The minimum atomic E-state index is -0.709. The molecule has 0 aliphatic rings. The van der Waals surface area contributed by atoms with Crippen molar-refractivity contribution in [3.63, 3.8) is 0 Å². The van der Waals surface area contributed by atoms with E-state index in [1.54, 1.807) is 49.4 Å². The van der Waals surface area contributed by atoms with E-state index in [1.807, 2.05) is 0 Å². The van der Waals surface area contributed by atoms with Gasteiger partial charge in [0.05, 0.1) is 4.47 Å². The van der Waals surface area contributed by atoms with Crippen molar-refractivity contribution >= 4 is 45.0 Å². The van der Waals surface area contributed by atoms with Crippen LogP contribution < -0.4 is 15.4 Å². The summed E-state index contributed by atoms with van der Waals surface area (Å²) >= 11 is 9.26. The SMILES string of the molecule is CCCCNC(=O)c1ccc(NC(=O)C(C)Oc2ccc(Cl)cc2Br)cc1. The highest BCUT2D eigenvalue weighted by molar-refractivity contribution is 9.10. The van der Waals surface area contributed by atoms with Crippen LogP contribution in [-0.2, 0) is 4.79 Å². The van der Waals surface area contributed by atoms with Crippen LogP contribution in [0.3, 0.4) is 0 Å². The van der Waals surface area contributed by atoms with Gasteiger partial charge in [-0.2, -0.15) is 0 Å². The van der Waals surface area contributed by atoms with Crippen molar-refractivity contribution in [2.24, 2.45) is 0 Å². The van der Waals surface area contributed by atoms with Crippen molar-refractivity contribution in [2.75, 3.05) is 11.9 Å². The van der Waals surface area contributed by atoms with E-state index in [0.717, 1.165) is 12.8 Å². The first-order valence-electron chi connectivity index (χ1n) is 8.71. The van der Waals surface area contributed by atoms with E-state index in [-0.39, 0.29) is 11.8 Å². The summed E-state index contributed by atoms with van der Waals surface area (Å²) in [5.74, 6) is 0.115. The summed E-state index contributed by atoms with van der Waals surface area (Å²) in [6.07, 6.45) is 1.26. The molecule has 2 aromatic rings. The van der Waals surface area contributed by atoms with E-state index in [4.69, 9.17) is 16.3 Å². The molecule has 2 aromatic carbocycles. The topological polar surface area (TPSA) is 67.4 Å². The molecule has 27 heavy (non-hydrogen) atoms. The summed E-state index contributed by atoms with van der Waals surface area (Å²) < 4.78 is 6.34. The van der Waals surface area contributed by atoms with Gasteiger partial charge in [-0.3, -0.25) is 9.59 Å². The second-order valence-electron chi connectivity index (χ2n) is 6.01. The van der Waals surface area contributed by atoms with Crippen LogP contribution in [0, 0.1) is 0 Å². The number of hydrogen-bond donors (Lipinski definition) is 2. The molecular weight excluding hydrogens is 432 g/mol. The molecule has 1 atom stereocenters. The number of anilines is 1. The molecule has 0 fully saturated rings. The Hall–Kier alpha value is -2.05. The van der Waals surface area contributed by atoms with Crippen LogP contribution in [0.15, 0.2) is 46.9 Å². The second kappa shape index (κ2) is 10.3. The van der Waals surface area contributed by atoms with E-state index in [1.165, 1.54) is 0 Å². The van der Waals surface area contributed by atoms with Crippen LogP contribution in [0.4, 0.5) is 5.69 Å². The number of rotatable bonds is 8. The van der Waals surface area contributed by atoms with E-state index in [2.05, 4.69) is 33.5 Å². The normalized spacial score (nSPS) is 11.6. The van der Waals surface area contributed by atoms with Crippen LogP contribution in [0.5, 0.6) is 5.75 Å². The van der Waals surface area contributed by atoms with Gasteiger partial charge < -0.3 is 15.4 Å². The summed E-state index contributed by atoms with van der Waals surface area (Å²) in [6.45, 7) is 4.38. The molecule has 2 N–H and O–H groups in total. The Bertz CT molecular complexity index is 796. The summed E-state index contributed by atoms with van der Waals surface area (Å²) in [7, 11) is 0. The molecule has 0 aromatic heterocycles. The maximum Gasteiger partial charge on any atom is 0.265 e. The van der Waals surface area contributed by atoms with Crippen molar-refractivity contribution in [3.05, 3.63) is 57.5 Å². The van der Waals surface area contributed by atoms with Crippen LogP contribution in [0.25, 0.3) is 0 Å². The van der Waals surface area contributed by atoms with Gasteiger partial charge in [-0.05, 0) is 71.7 Å². The molecular formula is C20H22BrClN2O3. The van der Waals surface area contributed by atoms with Gasteiger partial charge in [0.25, 0.3) is 11.8 Å². The number of unbranched alkanes of at least 4 members (excludes halogenated alkanes) is 1. The van der Waals surface area contributed by atoms with Gasteiger partial charge in [0.15, 0.2) is 6.10 Å². The highest BCUT2D eigenvalue weighted by Crippen LogP contribution is 2.28. The van der Waals surface area contributed by atoms with Gasteiger partial charge in [0.2, 0.25) is 0 Å². The molecule has 2 amide bonds. The lowest BCUT2D eigenvalue weighted by atomic mass is 10.2. The third-order valence-corrected chi connectivity index (χ3v) is 4.65. The average Bonchev–Trinajstić information content (AvgIpc) is 2.64. The molecule has 0 saturated heterocycles. The van der Waals surface area contributed by atoms with Gasteiger partial charge in [0.1, 0.15) is 5.75 Å². The Morgan fingerprint density at radius 3 is 2.52 bits per heavy atom.